The Hall–Kier alpha value is -2.52. The zero-order valence-corrected chi connectivity index (χ0v) is 16.8. The minimum absolute atomic E-state index is 0.0799. The van der Waals surface area contributed by atoms with Gasteiger partial charge in [0.1, 0.15) is 18.1 Å². The van der Waals surface area contributed by atoms with Crippen molar-refractivity contribution in [3.8, 4) is 0 Å². The normalized spacial score (nSPS) is 11.3. The van der Waals surface area contributed by atoms with Crippen molar-refractivity contribution < 1.29 is 14.1 Å². The molecule has 0 spiro atoms. The first kappa shape index (κ1) is 19.2. The molecular weight excluding hydrogens is 434 g/mol. The van der Waals surface area contributed by atoms with Gasteiger partial charge in [-0.2, -0.15) is 4.68 Å². The van der Waals surface area contributed by atoms with E-state index in [1.54, 1.807) is 18.2 Å². The topological polar surface area (TPSA) is 91.2 Å². The van der Waals surface area contributed by atoms with Gasteiger partial charge in [-0.25, -0.2) is 0 Å². The Balaban J connectivity index is 1.65. The molecule has 3 heterocycles. The molecule has 0 aliphatic carbocycles. The van der Waals surface area contributed by atoms with E-state index < -0.39 is 4.92 Å². The molecular formula is C18H16BrN3O4S. The third kappa shape index (κ3) is 4.81. The minimum atomic E-state index is -0.548. The van der Waals surface area contributed by atoms with Gasteiger partial charge in [0.2, 0.25) is 0 Å². The third-order valence-electron chi connectivity index (χ3n) is 3.69. The average Bonchev–Trinajstić information content (AvgIpc) is 3.35. The summed E-state index contributed by atoms with van der Waals surface area (Å²) in [4.78, 5) is 24.3. The molecule has 7 nitrogen and oxygen atoms in total. The lowest BCUT2D eigenvalue weighted by Gasteiger charge is -1.93. The molecule has 0 atom stereocenters. The van der Waals surface area contributed by atoms with Crippen LogP contribution >= 0.6 is 27.3 Å². The van der Waals surface area contributed by atoms with Gasteiger partial charge in [-0.3, -0.25) is 4.79 Å². The second-order valence-corrected chi connectivity index (χ2v) is 7.75. The van der Waals surface area contributed by atoms with E-state index in [1.807, 2.05) is 6.07 Å². The molecule has 3 rings (SSSR count). The van der Waals surface area contributed by atoms with E-state index in [0.717, 1.165) is 17.3 Å². The van der Waals surface area contributed by atoms with Gasteiger partial charge in [0, 0.05) is 9.35 Å². The molecule has 0 N–H and O–H groups in total. The van der Waals surface area contributed by atoms with Gasteiger partial charge in [0.15, 0.2) is 5.78 Å². The van der Waals surface area contributed by atoms with Crippen molar-refractivity contribution in [1.29, 1.82) is 0 Å². The molecule has 0 fully saturated rings. The molecule has 0 saturated carbocycles. The molecule has 27 heavy (non-hydrogen) atoms. The number of rotatable bonds is 8. The summed E-state index contributed by atoms with van der Waals surface area (Å²) in [6.07, 6.45) is 6.58. The number of allylic oxidation sites excluding steroid dienone is 1. The standard InChI is InChI=1S/C18H16BrN3O4S/c1-2-3-16-14(19)10-17(27-16)15(23)7-6-12-4-5-13(26-12)11-21-9-8-18(20-21)22(24)25/h4-10H,2-3,11H2,1H3/b7-6+. The van der Waals surface area contributed by atoms with Crippen LogP contribution in [0, 0.1) is 10.1 Å². The van der Waals surface area contributed by atoms with Crippen LogP contribution in [0.2, 0.25) is 0 Å². The highest BCUT2D eigenvalue weighted by Gasteiger charge is 2.13. The SMILES string of the molecule is CCCc1sc(C(=O)/C=C/c2ccc(Cn3ccc([N+](=O)[O-])n3)o2)cc1Br. The summed E-state index contributed by atoms with van der Waals surface area (Å²) in [5.41, 5.74) is 0. The van der Waals surface area contributed by atoms with Gasteiger partial charge in [0.25, 0.3) is 0 Å². The van der Waals surface area contributed by atoms with Crippen LogP contribution in [0.25, 0.3) is 6.08 Å². The van der Waals surface area contributed by atoms with E-state index in [-0.39, 0.29) is 18.1 Å². The van der Waals surface area contributed by atoms with E-state index in [1.165, 1.54) is 39.2 Å². The minimum Gasteiger partial charge on any atom is -0.460 e. The van der Waals surface area contributed by atoms with Gasteiger partial charge >= 0.3 is 5.82 Å². The average molecular weight is 450 g/mol. The first-order valence-corrected chi connectivity index (χ1v) is 9.84. The number of nitro groups is 1. The van der Waals surface area contributed by atoms with Gasteiger partial charge in [0.05, 0.1) is 22.2 Å². The smallest absolute Gasteiger partial charge is 0.389 e. The first-order chi connectivity index (χ1) is 13.0. The Bertz CT molecular complexity index is 1000. The van der Waals surface area contributed by atoms with Crippen molar-refractivity contribution in [3.63, 3.8) is 0 Å². The number of ketones is 1. The first-order valence-electron chi connectivity index (χ1n) is 8.23. The summed E-state index contributed by atoms with van der Waals surface area (Å²) < 4.78 is 8.03. The summed E-state index contributed by atoms with van der Waals surface area (Å²) in [5.74, 6) is 0.828. The van der Waals surface area contributed by atoms with E-state index in [9.17, 15) is 14.9 Å². The second kappa shape index (κ2) is 8.45. The molecule has 0 bridgehead atoms. The molecule has 3 aromatic rings. The van der Waals surface area contributed by atoms with Crippen LogP contribution in [-0.4, -0.2) is 20.5 Å². The van der Waals surface area contributed by atoms with Crippen LogP contribution in [-0.2, 0) is 13.0 Å². The molecule has 0 amide bonds. The van der Waals surface area contributed by atoms with Crippen LogP contribution in [0.4, 0.5) is 5.82 Å². The molecule has 140 valence electrons. The lowest BCUT2D eigenvalue weighted by Crippen LogP contribution is -2.00. The van der Waals surface area contributed by atoms with Crippen molar-refractivity contribution in [1.82, 2.24) is 9.78 Å². The fourth-order valence-corrected chi connectivity index (χ4v) is 4.33. The second-order valence-electron chi connectivity index (χ2n) is 5.76. The summed E-state index contributed by atoms with van der Waals surface area (Å²) in [6.45, 7) is 2.37. The van der Waals surface area contributed by atoms with Crippen molar-refractivity contribution >= 4 is 44.9 Å². The van der Waals surface area contributed by atoms with Crippen LogP contribution in [0.15, 0.2) is 45.4 Å². The highest BCUT2D eigenvalue weighted by atomic mass is 79.9. The number of furan rings is 1. The summed E-state index contributed by atoms with van der Waals surface area (Å²) in [5, 5.41) is 14.5. The van der Waals surface area contributed by atoms with Gasteiger partial charge in [-0.05, 0) is 57.6 Å². The van der Waals surface area contributed by atoms with E-state index in [4.69, 9.17) is 4.42 Å². The summed E-state index contributed by atoms with van der Waals surface area (Å²) >= 11 is 4.99. The largest absolute Gasteiger partial charge is 0.460 e. The maximum atomic E-state index is 12.3. The number of halogens is 1. The van der Waals surface area contributed by atoms with Crippen molar-refractivity contribution in [2.24, 2.45) is 0 Å². The highest BCUT2D eigenvalue weighted by molar-refractivity contribution is 9.10. The van der Waals surface area contributed by atoms with Gasteiger partial charge in [-0.1, -0.05) is 13.3 Å². The number of nitrogens with zero attached hydrogens (tertiary/aromatic N) is 3. The fraction of sp³-hybridized carbons (Fsp3) is 0.222. The maximum absolute atomic E-state index is 12.3. The Morgan fingerprint density at radius 2 is 2.26 bits per heavy atom. The van der Waals surface area contributed by atoms with Gasteiger partial charge in [-0.15, -0.1) is 11.3 Å². The lowest BCUT2D eigenvalue weighted by atomic mass is 10.2. The molecule has 0 saturated heterocycles. The van der Waals surface area contributed by atoms with Crippen LogP contribution in [0.1, 0.15) is 39.4 Å². The van der Waals surface area contributed by atoms with E-state index in [0.29, 0.717) is 16.4 Å². The highest BCUT2D eigenvalue weighted by Crippen LogP contribution is 2.29. The number of aryl methyl sites for hydroxylation is 1. The predicted molar refractivity (Wildman–Crippen MR) is 106 cm³/mol. The van der Waals surface area contributed by atoms with Crippen molar-refractivity contribution in [3.05, 3.63) is 72.4 Å². The Kier molecular flexibility index (Phi) is 6.02. The monoisotopic (exact) mass is 449 g/mol. The Morgan fingerprint density at radius 1 is 1.44 bits per heavy atom. The lowest BCUT2D eigenvalue weighted by molar-refractivity contribution is -0.389. The number of carbonyl (C=O) groups excluding carboxylic acids is 1. The zero-order chi connectivity index (χ0) is 19.4. The Labute approximate surface area is 167 Å². The fourth-order valence-electron chi connectivity index (χ4n) is 2.43. The molecule has 0 unspecified atom stereocenters. The summed E-state index contributed by atoms with van der Waals surface area (Å²) in [7, 11) is 0. The van der Waals surface area contributed by atoms with Crippen LogP contribution in [0.3, 0.4) is 0 Å². The molecule has 0 aliphatic heterocycles. The predicted octanol–water partition coefficient (Wildman–Crippen LogP) is 5.11. The van der Waals surface area contributed by atoms with E-state index >= 15 is 0 Å². The van der Waals surface area contributed by atoms with Crippen LogP contribution in [0.5, 0.6) is 0 Å². The zero-order valence-electron chi connectivity index (χ0n) is 14.4. The van der Waals surface area contributed by atoms with E-state index in [2.05, 4.69) is 28.0 Å². The molecule has 0 radical (unpaired) electrons. The molecule has 9 heteroatoms. The summed E-state index contributed by atoms with van der Waals surface area (Å²) in [6, 6.07) is 6.66. The maximum Gasteiger partial charge on any atom is 0.389 e. The number of carbonyl (C=O) groups is 1. The van der Waals surface area contributed by atoms with Crippen molar-refractivity contribution in [2.45, 2.75) is 26.3 Å². The third-order valence-corrected chi connectivity index (χ3v) is 5.87. The molecule has 0 aliphatic rings. The quantitative estimate of drug-likeness (QED) is 0.206. The molecule has 3 aromatic heterocycles. The van der Waals surface area contributed by atoms with Crippen molar-refractivity contribution in [2.75, 3.05) is 0 Å². The Morgan fingerprint density at radius 3 is 2.96 bits per heavy atom. The van der Waals surface area contributed by atoms with Gasteiger partial charge < -0.3 is 14.5 Å². The van der Waals surface area contributed by atoms with Crippen LogP contribution < -0.4 is 0 Å². The number of hydrogen-bond acceptors (Lipinski definition) is 6. The number of hydrogen-bond donors (Lipinski definition) is 0. The number of thiophene rings is 1. The molecule has 0 aromatic carbocycles. The number of aromatic nitrogens is 2.